The minimum atomic E-state index is -0.517. The molecule has 0 bridgehead atoms. The van der Waals surface area contributed by atoms with Gasteiger partial charge in [0.25, 0.3) is 11.1 Å². The molecule has 1 saturated heterocycles. The molecule has 0 saturated carbocycles. The Bertz CT molecular complexity index is 1370. The van der Waals surface area contributed by atoms with Crippen molar-refractivity contribution in [2.24, 2.45) is 0 Å². The Morgan fingerprint density at radius 3 is 2.44 bits per heavy atom. The van der Waals surface area contributed by atoms with E-state index in [1.807, 2.05) is 37.3 Å². The van der Waals surface area contributed by atoms with Crippen LogP contribution in [0.3, 0.4) is 0 Å². The van der Waals surface area contributed by atoms with Crippen LogP contribution in [0.15, 0.2) is 74.5 Å². The van der Waals surface area contributed by atoms with Gasteiger partial charge in [-0.25, -0.2) is 0 Å². The highest BCUT2D eigenvalue weighted by Crippen LogP contribution is 2.38. The quantitative estimate of drug-likeness (QED) is 0.269. The molecule has 4 rings (SSSR count). The van der Waals surface area contributed by atoms with Gasteiger partial charge in [0, 0.05) is 16.3 Å². The van der Waals surface area contributed by atoms with Crippen LogP contribution in [0.2, 0.25) is 5.02 Å². The van der Waals surface area contributed by atoms with Crippen LogP contribution in [0.5, 0.6) is 5.75 Å². The number of carbonyl (C=O) groups is 3. The molecule has 3 amide bonds. The van der Waals surface area contributed by atoms with E-state index in [9.17, 15) is 14.4 Å². The number of hydrogen-bond donors (Lipinski definition) is 1. The Balaban J connectivity index is 1.45. The van der Waals surface area contributed by atoms with Gasteiger partial charge >= 0.3 is 0 Å². The molecule has 0 aromatic heterocycles. The van der Waals surface area contributed by atoms with E-state index < -0.39 is 17.1 Å². The second kappa shape index (κ2) is 11.6. The molecule has 0 radical (unpaired) electrons. The number of nitrogens with zero attached hydrogens (tertiary/aromatic N) is 1. The fraction of sp³-hybridized carbons (Fsp3) is 0.115. The van der Waals surface area contributed by atoms with Gasteiger partial charge in [-0.2, -0.15) is 0 Å². The molecule has 1 aliphatic heterocycles. The zero-order valence-electron chi connectivity index (χ0n) is 18.9. The molecule has 0 unspecified atom stereocenters. The maximum absolute atomic E-state index is 12.9. The third-order valence-corrected chi connectivity index (χ3v) is 7.70. The topological polar surface area (TPSA) is 75.7 Å². The van der Waals surface area contributed by atoms with Crippen LogP contribution in [-0.2, 0) is 16.2 Å². The number of rotatable bonds is 7. The molecular weight excluding hydrogens is 632 g/mol. The summed E-state index contributed by atoms with van der Waals surface area (Å²) < 4.78 is 7.26. The molecule has 0 atom stereocenters. The van der Waals surface area contributed by atoms with Crippen molar-refractivity contribution < 1.29 is 19.1 Å². The summed E-state index contributed by atoms with van der Waals surface area (Å²) in [7, 11) is 0. The number of imide groups is 1. The Hall–Kier alpha value is -2.59. The lowest BCUT2D eigenvalue weighted by Gasteiger charge is -2.13. The first-order valence-electron chi connectivity index (χ1n) is 10.7. The molecule has 0 spiro atoms. The van der Waals surface area contributed by atoms with Crippen LogP contribution in [0.1, 0.15) is 16.7 Å². The SMILES string of the molecule is Cc1ccccc1NC(=O)CN1C(=O)S/C(=C/c2cc(Br)c(OCc3ccccc3Cl)c(Br)c2)C1=O. The highest BCUT2D eigenvalue weighted by atomic mass is 79.9. The van der Waals surface area contributed by atoms with E-state index in [1.165, 1.54) is 0 Å². The highest BCUT2D eigenvalue weighted by molar-refractivity contribution is 9.11. The third kappa shape index (κ3) is 6.21. The molecule has 3 aromatic rings. The summed E-state index contributed by atoms with van der Waals surface area (Å²) in [5.74, 6) is -0.386. The number of halogens is 3. The number of para-hydroxylation sites is 1. The second-order valence-corrected chi connectivity index (χ2v) is 10.9. The van der Waals surface area contributed by atoms with Crippen molar-refractivity contribution in [1.29, 1.82) is 0 Å². The fourth-order valence-electron chi connectivity index (χ4n) is 3.40. The van der Waals surface area contributed by atoms with E-state index in [-0.39, 0.29) is 18.1 Å². The van der Waals surface area contributed by atoms with Crippen LogP contribution in [0.25, 0.3) is 6.08 Å². The number of aryl methyl sites for hydroxylation is 1. The number of nitrogens with one attached hydrogen (secondary N) is 1. The van der Waals surface area contributed by atoms with Gasteiger partial charge < -0.3 is 10.1 Å². The van der Waals surface area contributed by atoms with E-state index in [4.69, 9.17) is 16.3 Å². The summed E-state index contributed by atoms with van der Waals surface area (Å²) in [6.45, 7) is 1.78. The first kappa shape index (κ1) is 26.5. The number of amides is 3. The summed E-state index contributed by atoms with van der Waals surface area (Å²) in [6.07, 6.45) is 1.61. The second-order valence-electron chi connectivity index (χ2n) is 7.82. The first-order valence-corrected chi connectivity index (χ1v) is 13.5. The molecule has 0 aliphatic carbocycles. The molecule has 10 heteroatoms. The van der Waals surface area contributed by atoms with Gasteiger partial charge in [0.15, 0.2) is 0 Å². The van der Waals surface area contributed by atoms with Gasteiger partial charge in [-0.1, -0.05) is 48.0 Å². The third-order valence-electron chi connectivity index (χ3n) is 5.24. The zero-order chi connectivity index (χ0) is 25.8. The molecule has 1 heterocycles. The van der Waals surface area contributed by atoms with Crippen molar-refractivity contribution in [3.05, 3.63) is 96.2 Å². The summed E-state index contributed by atoms with van der Waals surface area (Å²) in [5, 5.41) is 2.86. The number of benzene rings is 3. The predicted octanol–water partition coefficient (Wildman–Crippen LogP) is 7.43. The van der Waals surface area contributed by atoms with Crippen LogP contribution < -0.4 is 10.1 Å². The van der Waals surface area contributed by atoms with Crippen molar-refractivity contribution in [2.75, 3.05) is 11.9 Å². The van der Waals surface area contributed by atoms with E-state index in [0.29, 0.717) is 31.0 Å². The van der Waals surface area contributed by atoms with Crippen molar-refractivity contribution in [1.82, 2.24) is 4.90 Å². The lowest BCUT2D eigenvalue weighted by atomic mass is 10.2. The maximum atomic E-state index is 12.9. The predicted molar refractivity (Wildman–Crippen MR) is 150 cm³/mol. The van der Waals surface area contributed by atoms with E-state index in [0.717, 1.165) is 27.8 Å². The molecule has 36 heavy (non-hydrogen) atoms. The number of thioether (sulfide) groups is 1. The summed E-state index contributed by atoms with van der Waals surface area (Å²) in [5.41, 5.74) is 3.04. The molecule has 1 aliphatic rings. The average molecular weight is 651 g/mol. The maximum Gasteiger partial charge on any atom is 0.294 e. The molecule has 6 nitrogen and oxygen atoms in total. The van der Waals surface area contributed by atoms with Gasteiger partial charge in [-0.05, 0) is 92.0 Å². The fourth-order valence-corrected chi connectivity index (χ4v) is 5.88. The zero-order valence-corrected chi connectivity index (χ0v) is 23.6. The smallest absolute Gasteiger partial charge is 0.294 e. The molecular formula is C26H19Br2ClN2O4S. The van der Waals surface area contributed by atoms with Crippen LogP contribution in [0, 0.1) is 6.92 Å². The highest BCUT2D eigenvalue weighted by Gasteiger charge is 2.36. The Labute approximate surface area is 234 Å². The molecule has 3 aromatic carbocycles. The van der Waals surface area contributed by atoms with Gasteiger partial charge in [0.2, 0.25) is 5.91 Å². The van der Waals surface area contributed by atoms with Crippen LogP contribution in [0.4, 0.5) is 10.5 Å². The van der Waals surface area contributed by atoms with Crippen molar-refractivity contribution in [3.8, 4) is 5.75 Å². The van der Waals surface area contributed by atoms with Gasteiger partial charge in [-0.15, -0.1) is 0 Å². The first-order chi connectivity index (χ1) is 17.2. The van der Waals surface area contributed by atoms with E-state index in [2.05, 4.69) is 37.2 Å². The van der Waals surface area contributed by atoms with E-state index >= 15 is 0 Å². The van der Waals surface area contributed by atoms with E-state index in [1.54, 1.807) is 36.4 Å². The van der Waals surface area contributed by atoms with Gasteiger partial charge in [0.1, 0.15) is 18.9 Å². The Morgan fingerprint density at radius 1 is 1.08 bits per heavy atom. The normalized spacial score (nSPS) is 14.4. The number of carbonyl (C=O) groups excluding carboxylic acids is 3. The average Bonchev–Trinajstić information content (AvgIpc) is 3.08. The standard InChI is InChI=1S/C26H19Br2ClN2O4S/c1-15-6-2-5-9-21(15)30-23(32)13-31-25(33)22(36-26(31)34)12-16-10-18(27)24(19(28)11-16)35-14-17-7-3-4-8-20(17)29/h2-12H,13-14H2,1H3,(H,30,32)/b22-12+. The lowest BCUT2D eigenvalue weighted by molar-refractivity contribution is -0.127. The summed E-state index contributed by atoms with van der Waals surface area (Å²) in [4.78, 5) is 39.0. The van der Waals surface area contributed by atoms with Gasteiger partial charge in [0.05, 0.1) is 13.9 Å². The largest absolute Gasteiger partial charge is 0.486 e. The lowest BCUT2D eigenvalue weighted by Crippen LogP contribution is -2.36. The van der Waals surface area contributed by atoms with Crippen LogP contribution >= 0.6 is 55.2 Å². The number of anilines is 1. The Kier molecular flexibility index (Phi) is 8.56. The van der Waals surface area contributed by atoms with Crippen molar-refractivity contribution >= 4 is 84.0 Å². The molecule has 1 N–H and O–H groups in total. The monoisotopic (exact) mass is 648 g/mol. The molecule has 184 valence electrons. The minimum absolute atomic E-state index is 0.229. The van der Waals surface area contributed by atoms with Crippen LogP contribution in [-0.4, -0.2) is 28.5 Å². The summed E-state index contributed by atoms with van der Waals surface area (Å²) >= 11 is 14.0. The Morgan fingerprint density at radius 2 is 1.75 bits per heavy atom. The molecule has 1 fully saturated rings. The minimum Gasteiger partial charge on any atom is -0.486 e. The summed E-state index contributed by atoms with van der Waals surface area (Å²) in [6, 6.07) is 18.3. The van der Waals surface area contributed by atoms with Crippen molar-refractivity contribution in [2.45, 2.75) is 13.5 Å². The number of hydrogen-bond acceptors (Lipinski definition) is 5. The van der Waals surface area contributed by atoms with Gasteiger partial charge in [-0.3, -0.25) is 19.3 Å². The van der Waals surface area contributed by atoms with Crippen molar-refractivity contribution in [3.63, 3.8) is 0 Å². The number of ether oxygens (including phenoxy) is 1.